The van der Waals surface area contributed by atoms with Crippen LogP contribution in [0.3, 0.4) is 0 Å². The van der Waals surface area contributed by atoms with Gasteiger partial charge in [-0.05, 0) is 22.2 Å². The second kappa shape index (κ2) is 3.93. The van der Waals surface area contributed by atoms with Crippen molar-refractivity contribution in [2.24, 2.45) is 0 Å². The molecule has 0 aliphatic carbocycles. The number of benzene rings is 2. The Kier molecular flexibility index (Phi) is 2.23. The first kappa shape index (κ1) is 10.8. The maximum atomic E-state index is 11.8. The van der Waals surface area contributed by atoms with Crippen LogP contribution in [0.4, 0.5) is 0 Å². The molecule has 1 unspecified atom stereocenters. The molecule has 19 heavy (non-hydrogen) atoms. The van der Waals surface area contributed by atoms with Gasteiger partial charge >= 0.3 is 5.97 Å². The van der Waals surface area contributed by atoms with E-state index in [0.29, 0.717) is 5.56 Å². The van der Waals surface area contributed by atoms with Crippen molar-refractivity contribution in [1.29, 1.82) is 0 Å². The lowest BCUT2D eigenvalue weighted by Crippen LogP contribution is -2.01. The molecule has 92 valence electrons. The van der Waals surface area contributed by atoms with E-state index in [1.54, 1.807) is 11.3 Å². The molecule has 0 fully saturated rings. The van der Waals surface area contributed by atoms with Crippen molar-refractivity contribution in [1.82, 2.24) is 0 Å². The topological polar surface area (TPSA) is 26.3 Å². The Hall–Kier alpha value is -2.13. The van der Waals surface area contributed by atoms with Crippen molar-refractivity contribution in [2.45, 2.75) is 6.10 Å². The highest BCUT2D eigenvalue weighted by Crippen LogP contribution is 2.41. The number of hydrogen-bond donors (Lipinski definition) is 0. The van der Waals surface area contributed by atoms with Gasteiger partial charge in [0.1, 0.15) is 0 Å². The molecule has 3 heteroatoms. The van der Waals surface area contributed by atoms with Crippen LogP contribution >= 0.6 is 11.3 Å². The monoisotopic (exact) mass is 266 g/mol. The molecule has 0 amide bonds. The smallest absolute Gasteiger partial charge is 0.340 e. The van der Waals surface area contributed by atoms with E-state index in [9.17, 15) is 4.79 Å². The van der Waals surface area contributed by atoms with Crippen LogP contribution in [0.25, 0.3) is 10.8 Å². The van der Waals surface area contributed by atoms with Crippen molar-refractivity contribution < 1.29 is 9.53 Å². The molecule has 1 atom stereocenters. The molecule has 2 heterocycles. The van der Waals surface area contributed by atoms with Crippen molar-refractivity contribution in [2.75, 3.05) is 0 Å². The Labute approximate surface area is 114 Å². The maximum absolute atomic E-state index is 11.8. The third kappa shape index (κ3) is 1.52. The lowest BCUT2D eigenvalue weighted by atomic mass is 9.99. The standard InChI is InChI=1S/C16H10O2S/c17-16-13-8-9-19-15(13)14(18-16)12-7-3-5-10-4-1-2-6-11(10)12/h1-9,14H. The number of rotatable bonds is 1. The number of thiophene rings is 1. The van der Waals surface area contributed by atoms with Crippen LogP contribution in [-0.4, -0.2) is 5.97 Å². The van der Waals surface area contributed by atoms with E-state index in [0.717, 1.165) is 15.8 Å². The van der Waals surface area contributed by atoms with Crippen molar-refractivity contribution in [3.8, 4) is 0 Å². The van der Waals surface area contributed by atoms with Gasteiger partial charge in [0.05, 0.1) is 10.4 Å². The number of ether oxygens (including phenoxy) is 1. The highest BCUT2D eigenvalue weighted by atomic mass is 32.1. The molecule has 1 aliphatic heterocycles. The van der Waals surface area contributed by atoms with Gasteiger partial charge in [-0.3, -0.25) is 0 Å². The summed E-state index contributed by atoms with van der Waals surface area (Å²) in [5.41, 5.74) is 1.77. The predicted molar refractivity (Wildman–Crippen MR) is 75.5 cm³/mol. The molecule has 0 bridgehead atoms. The Morgan fingerprint density at radius 3 is 2.79 bits per heavy atom. The van der Waals surface area contributed by atoms with E-state index >= 15 is 0 Å². The number of esters is 1. The molecular weight excluding hydrogens is 256 g/mol. The molecule has 1 aromatic heterocycles. The fourth-order valence-electron chi connectivity index (χ4n) is 2.60. The molecule has 3 aromatic rings. The second-order valence-electron chi connectivity index (χ2n) is 4.55. The molecule has 0 saturated carbocycles. The maximum Gasteiger partial charge on any atom is 0.340 e. The average Bonchev–Trinajstić information content (AvgIpc) is 3.03. The zero-order valence-corrected chi connectivity index (χ0v) is 10.8. The van der Waals surface area contributed by atoms with Crippen LogP contribution in [0.1, 0.15) is 26.9 Å². The molecule has 0 radical (unpaired) electrons. The minimum atomic E-state index is -0.256. The summed E-state index contributed by atoms with van der Waals surface area (Å²) in [7, 11) is 0. The van der Waals surface area contributed by atoms with Crippen LogP contribution in [0.2, 0.25) is 0 Å². The molecule has 1 aliphatic rings. The van der Waals surface area contributed by atoms with Crippen LogP contribution in [-0.2, 0) is 4.74 Å². The largest absolute Gasteiger partial charge is 0.448 e. The minimum absolute atomic E-state index is 0.214. The molecule has 0 N–H and O–H groups in total. The molecule has 4 rings (SSSR count). The zero-order chi connectivity index (χ0) is 12.8. The summed E-state index contributed by atoms with van der Waals surface area (Å²) in [6.07, 6.45) is -0.256. The Morgan fingerprint density at radius 2 is 1.84 bits per heavy atom. The molecule has 0 spiro atoms. The third-order valence-electron chi connectivity index (χ3n) is 3.48. The van der Waals surface area contributed by atoms with Gasteiger partial charge in [-0.1, -0.05) is 42.5 Å². The molecular formula is C16H10O2S. The van der Waals surface area contributed by atoms with Crippen LogP contribution in [0, 0.1) is 0 Å². The van der Waals surface area contributed by atoms with Gasteiger partial charge in [0.15, 0.2) is 6.10 Å². The highest BCUT2D eigenvalue weighted by Gasteiger charge is 2.34. The third-order valence-corrected chi connectivity index (χ3v) is 4.44. The average molecular weight is 266 g/mol. The Bertz CT molecular complexity index is 783. The van der Waals surface area contributed by atoms with Crippen LogP contribution in [0.5, 0.6) is 0 Å². The van der Waals surface area contributed by atoms with E-state index in [1.807, 2.05) is 35.7 Å². The Morgan fingerprint density at radius 1 is 1.00 bits per heavy atom. The summed E-state index contributed by atoms with van der Waals surface area (Å²) < 4.78 is 5.54. The van der Waals surface area contributed by atoms with Crippen LogP contribution in [0.15, 0.2) is 53.9 Å². The summed E-state index contributed by atoms with van der Waals surface area (Å²) in [4.78, 5) is 12.8. The molecule has 0 saturated heterocycles. The van der Waals surface area contributed by atoms with Gasteiger partial charge in [0, 0.05) is 5.56 Å². The summed E-state index contributed by atoms with van der Waals surface area (Å²) in [5.74, 6) is -0.214. The van der Waals surface area contributed by atoms with E-state index in [2.05, 4.69) is 18.2 Å². The SMILES string of the molecule is O=C1OC(c2cccc3ccccc23)c2sccc21. The summed E-state index contributed by atoms with van der Waals surface area (Å²) in [6.45, 7) is 0. The summed E-state index contributed by atoms with van der Waals surface area (Å²) in [6, 6.07) is 16.1. The first-order valence-electron chi connectivity index (χ1n) is 6.10. The fraction of sp³-hybridized carbons (Fsp3) is 0.0625. The van der Waals surface area contributed by atoms with Gasteiger partial charge in [0.25, 0.3) is 0 Å². The highest BCUT2D eigenvalue weighted by molar-refractivity contribution is 7.10. The van der Waals surface area contributed by atoms with Gasteiger partial charge in [0.2, 0.25) is 0 Å². The summed E-state index contributed by atoms with van der Waals surface area (Å²) >= 11 is 1.58. The minimum Gasteiger partial charge on any atom is -0.448 e. The predicted octanol–water partition coefficient (Wildman–Crippen LogP) is 4.16. The van der Waals surface area contributed by atoms with Gasteiger partial charge in [-0.15, -0.1) is 11.3 Å². The molecule has 2 aromatic carbocycles. The first-order valence-corrected chi connectivity index (χ1v) is 6.98. The number of carbonyl (C=O) groups is 1. The number of hydrogen-bond acceptors (Lipinski definition) is 3. The van der Waals surface area contributed by atoms with Crippen LogP contribution < -0.4 is 0 Å². The van der Waals surface area contributed by atoms with Gasteiger partial charge in [-0.25, -0.2) is 4.79 Å². The lowest BCUT2D eigenvalue weighted by Gasteiger charge is -2.13. The quantitative estimate of drug-likeness (QED) is 0.618. The van der Waals surface area contributed by atoms with E-state index in [4.69, 9.17) is 4.74 Å². The number of cyclic esters (lactones) is 1. The zero-order valence-electron chi connectivity index (χ0n) is 10.00. The van der Waals surface area contributed by atoms with E-state index < -0.39 is 0 Å². The second-order valence-corrected chi connectivity index (χ2v) is 5.50. The van der Waals surface area contributed by atoms with E-state index in [1.165, 1.54) is 5.39 Å². The number of carbonyl (C=O) groups excluding carboxylic acids is 1. The normalized spacial score (nSPS) is 17.5. The van der Waals surface area contributed by atoms with Crippen molar-refractivity contribution >= 4 is 28.1 Å². The number of fused-ring (bicyclic) bond motifs is 2. The Balaban J connectivity index is 1.96. The lowest BCUT2D eigenvalue weighted by molar-refractivity contribution is 0.0460. The first-order chi connectivity index (χ1) is 9.34. The van der Waals surface area contributed by atoms with Gasteiger partial charge in [-0.2, -0.15) is 0 Å². The summed E-state index contributed by atoms with van der Waals surface area (Å²) in [5, 5.41) is 4.26. The molecule has 2 nitrogen and oxygen atoms in total. The van der Waals surface area contributed by atoms with E-state index in [-0.39, 0.29) is 12.1 Å². The fourth-order valence-corrected chi connectivity index (χ4v) is 3.53. The van der Waals surface area contributed by atoms with Crippen molar-refractivity contribution in [3.63, 3.8) is 0 Å². The van der Waals surface area contributed by atoms with Gasteiger partial charge < -0.3 is 4.74 Å². The van der Waals surface area contributed by atoms with Crippen molar-refractivity contribution in [3.05, 3.63) is 69.9 Å².